The van der Waals surface area contributed by atoms with Crippen LogP contribution in [0.2, 0.25) is 0 Å². The molecule has 0 radical (unpaired) electrons. The van der Waals surface area contributed by atoms with Gasteiger partial charge in [0.25, 0.3) is 0 Å². The number of carbonyl (C=O) groups excluding carboxylic acids is 2. The summed E-state index contributed by atoms with van der Waals surface area (Å²) in [7, 11) is 0. The Morgan fingerprint density at radius 1 is 1.42 bits per heavy atom. The van der Waals surface area contributed by atoms with Gasteiger partial charge in [-0.25, -0.2) is 9.59 Å². The first-order valence-corrected chi connectivity index (χ1v) is 7.77. The van der Waals surface area contributed by atoms with Gasteiger partial charge >= 0.3 is 12.1 Å². The average Bonchev–Trinajstić information content (AvgIpc) is 2.97. The monoisotopic (exact) mass is 332 g/mol. The fourth-order valence-electron chi connectivity index (χ4n) is 2.22. The Morgan fingerprint density at radius 2 is 2.17 bits per heavy atom. The zero-order valence-electron chi connectivity index (χ0n) is 13.7. The van der Waals surface area contributed by atoms with E-state index in [2.05, 4.69) is 0 Å². The molecule has 0 bridgehead atoms. The van der Waals surface area contributed by atoms with Crippen molar-refractivity contribution in [3.63, 3.8) is 0 Å². The van der Waals surface area contributed by atoms with E-state index in [9.17, 15) is 9.59 Å². The van der Waals surface area contributed by atoms with Gasteiger partial charge in [-0.05, 0) is 12.1 Å². The van der Waals surface area contributed by atoms with Crippen LogP contribution in [0.5, 0.6) is 5.75 Å². The fourth-order valence-corrected chi connectivity index (χ4v) is 2.22. The topological polar surface area (TPSA) is 88.9 Å². The zero-order valence-corrected chi connectivity index (χ0v) is 13.7. The molecule has 0 spiro atoms. The molecule has 7 nitrogen and oxygen atoms in total. The van der Waals surface area contributed by atoms with Crippen molar-refractivity contribution in [2.45, 2.75) is 20.0 Å². The van der Waals surface area contributed by atoms with E-state index in [1.54, 1.807) is 24.3 Å². The van der Waals surface area contributed by atoms with Crippen molar-refractivity contribution < 1.29 is 23.8 Å². The molecule has 1 amide bonds. The molecule has 0 aromatic heterocycles. The van der Waals surface area contributed by atoms with Crippen LogP contribution in [0.3, 0.4) is 0 Å². The van der Waals surface area contributed by atoms with E-state index in [1.807, 2.05) is 19.9 Å². The molecule has 1 saturated heterocycles. The Kier molecular flexibility index (Phi) is 6.01. The molecule has 1 heterocycles. The number of hydrogen-bond donors (Lipinski definition) is 0. The Balaban J connectivity index is 1.93. The van der Waals surface area contributed by atoms with Crippen LogP contribution in [-0.2, 0) is 14.3 Å². The summed E-state index contributed by atoms with van der Waals surface area (Å²) < 4.78 is 15.7. The third-order valence-corrected chi connectivity index (χ3v) is 3.55. The minimum Gasteiger partial charge on any atom is -0.477 e. The molecule has 24 heavy (non-hydrogen) atoms. The number of rotatable bonds is 7. The Morgan fingerprint density at radius 3 is 2.79 bits per heavy atom. The number of amides is 1. The van der Waals surface area contributed by atoms with Crippen LogP contribution < -0.4 is 4.74 Å². The van der Waals surface area contributed by atoms with E-state index in [0.29, 0.717) is 24.5 Å². The van der Waals surface area contributed by atoms with Crippen LogP contribution in [0.25, 0.3) is 0 Å². The third-order valence-electron chi connectivity index (χ3n) is 3.55. The van der Waals surface area contributed by atoms with E-state index < -0.39 is 18.2 Å². The number of carbonyl (C=O) groups is 2. The second-order valence-corrected chi connectivity index (χ2v) is 5.66. The van der Waals surface area contributed by atoms with Gasteiger partial charge in [-0.2, -0.15) is 5.26 Å². The number of para-hydroxylation sites is 1. The van der Waals surface area contributed by atoms with Crippen LogP contribution in [0.4, 0.5) is 4.79 Å². The average molecular weight is 332 g/mol. The minimum atomic E-state index is -0.829. The maximum Gasteiger partial charge on any atom is 0.410 e. The van der Waals surface area contributed by atoms with Crippen molar-refractivity contribution >= 4 is 12.1 Å². The standard InChI is InChI=1S/C17H20N2O5/c1-12(2)15(24-14-6-4-3-5-13(14)11-18)16(20)22-9-7-19-8-10-23-17(19)21/h3-6,12,15H,7-10H2,1-2H3/t15-/m0/s1. The van der Waals surface area contributed by atoms with Crippen molar-refractivity contribution in [3.05, 3.63) is 29.8 Å². The van der Waals surface area contributed by atoms with Gasteiger partial charge in [0.05, 0.1) is 18.7 Å². The zero-order chi connectivity index (χ0) is 17.5. The normalized spacial score (nSPS) is 14.9. The van der Waals surface area contributed by atoms with Crippen LogP contribution in [0, 0.1) is 17.2 Å². The molecule has 2 rings (SSSR count). The summed E-state index contributed by atoms with van der Waals surface area (Å²) in [5.74, 6) is -0.315. The van der Waals surface area contributed by atoms with E-state index in [-0.39, 0.29) is 19.1 Å². The predicted octanol–water partition coefficient (Wildman–Crippen LogP) is 1.96. The van der Waals surface area contributed by atoms with Crippen molar-refractivity contribution in [2.24, 2.45) is 5.92 Å². The number of hydrogen-bond acceptors (Lipinski definition) is 6. The number of ether oxygens (including phenoxy) is 3. The van der Waals surface area contributed by atoms with E-state index >= 15 is 0 Å². The summed E-state index contributed by atoms with van der Waals surface area (Å²) in [6.07, 6.45) is -1.23. The van der Waals surface area contributed by atoms with Gasteiger partial charge in [-0.1, -0.05) is 26.0 Å². The van der Waals surface area contributed by atoms with Crippen molar-refractivity contribution in [2.75, 3.05) is 26.3 Å². The molecule has 1 fully saturated rings. The molecule has 0 N–H and O–H groups in total. The summed E-state index contributed by atoms with van der Waals surface area (Å²) in [6.45, 7) is 4.87. The molecule has 128 valence electrons. The molecule has 7 heteroatoms. The number of benzene rings is 1. The maximum atomic E-state index is 12.3. The summed E-state index contributed by atoms with van der Waals surface area (Å²) >= 11 is 0. The van der Waals surface area contributed by atoms with Crippen molar-refractivity contribution in [1.82, 2.24) is 4.90 Å². The molecule has 0 aliphatic carbocycles. The van der Waals surface area contributed by atoms with Gasteiger partial charge in [0.1, 0.15) is 25.0 Å². The molecule has 1 aliphatic rings. The summed E-state index contributed by atoms with van der Waals surface area (Å²) in [5.41, 5.74) is 0.357. The molecule has 1 atom stereocenters. The molecule has 0 saturated carbocycles. The first-order chi connectivity index (χ1) is 11.5. The molecule has 0 unspecified atom stereocenters. The van der Waals surface area contributed by atoms with Crippen LogP contribution >= 0.6 is 0 Å². The van der Waals surface area contributed by atoms with Gasteiger partial charge in [-0.15, -0.1) is 0 Å². The lowest BCUT2D eigenvalue weighted by molar-refractivity contribution is -0.154. The Labute approximate surface area is 140 Å². The van der Waals surface area contributed by atoms with E-state index in [1.165, 1.54) is 4.90 Å². The highest BCUT2D eigenvalue weighted by atomic mass is 16.6. The van der Waals surface area contributed by atoms with Crippen LogP contribution in [-0.4, -0.2) is 49.4 Å². The highest BCUT2D eigenvalue weighted by Gasteiger charge is 2.28. The summed E-state index contributed by atoms with van der Waals surface area (Å²) in [5, 5.41) is 9.10. The molecular formula is C17H20N2O5. The first kappa shape index (κ1) is 17.6. The lowest BCUT2D eigenvalue weighted by atomic mass is 10.1. The largest absolute Gasteiger partial charge is 0.477 e. The van der Waals surface area contributed by atoms with Gasteiger partial charge < -0.3 is 19.1 Å². The molecular weight excluding hydrogens is 312 g/mol. The van der Waals surface area contributed by atoms with Crippen LogP contribution in [0.1, 0.15) is 19.4 Å². The smallest absolute Gasteiger partial charge is 0.410 e. The number of cyclic esters (lactones) is 1. The molecule has 1 aromatic carbocycles. The highest BCUT2D eigenvalue weighted by Crippen LogP contribution is 2.21. The molecule has 1 aromatic rings. The summed E-state index contributed by atoms with van der Waals surface area (Å²) in [4.78, 5) is 25.1. The maximum absolute atomic E-state index is 12.3. The van der Waals surface area contributed by atoms with E-state index in [4.69, 9.17) is 19.5 Å². The van der Waals surface area contributed by atoms with Crippen LogP contribution in [0.15, 0.2) is 24.3 Å². The highest BCUT2D eigenvalue weighted by molar-refractivity contribution is 5.75. The SMILES string of the molecule is CC(C)[C@H](Oc1ccccc1C#N)C(=O)OCCN1CCOC1=O. The summed E-state index contributed by atoms with van der Waals surface area (Å²) in [6, 6.07) is 8.75. The number of nitriles is 1. The quantitative estimate of drug-likeness (QED) is 0.709. The van der Waals surface area contributed by atoms with Gasteiger partial charge in [-0.3, -0.25) is 0 Å². The van der Waals surface area contributed by atoms with Crippen molar-refractivity contribution in [3.8, 4) is 11.8 Å². The van der Waals surface area contributed by atoms with Gasteiger partial charge in [0, 0.05) is 5.92 Å². The van der Waals surface area contributed by atoms with Gasteiger partial charge in [0.15, 0.2) is 6.10 Å². The van der Waals surface area contributed by atoms with E-state index in [0.717, 1.165) is 0 Å². The fraction of sp³-hybridized carbons (Fsp3) is 0.471. The second kappa shape index (κ2) is 8.20. The number of nitrogens with zero attached hydrogens (tertiary/aromatic N) is 2. The van der Waals surface area contributed by atoms with Crippen molar-refractivity contribution in [1.29, 1.82) is 5.26 Å². The predicted molar refractivity (Wildman–Crippen MR) is 84.3 cm³/mol. The lowest BCUT2D eigenvalue weighted by Gasteiger charge is -2.22. The Bertz CT molecular complexity index is 638. The first-order valence-electron chi connectivity index (χ1n) is 7.77. The Hall–Kier alpha value is -2.75. The molecule has 1 aliphatic heterocycles. The lowest BCUT2D eigenvalue weighted by Crippen LogP contribution is -2.36. The van der Waals surface area contributed by atoms with Gasteiger partial charge in [0.2, 0.25) is 0 Å². The third kappa shape index (κ3) is 4.38. The second-order valence-electron chi connectivity index (χ2n) is 5.66. The minimum absolute atomic E-state index is 0.0699. The number of esters is 1.